The predicted molar refractivity (Wildman–Crippen MR) is 227 cm³/mol. The summed E-state index contributed by atoms with van der Waals surface area (Å²) in [5.74, 6) is 3.05. The van der Waals surface area contributed by atoms with Crippen molar-refractivity contribution >= 4 is 46.4 Å². The summed E-state index contributed by atoms with van der Waals surface area (Å²) in [7, 11) is 4.79. The maximum absolute atomic E-state index is 14.3. The van der Waals surface area contributed by atoms with Gasteiger partial charge in [-0.1, -0.05) is 65.7 Å². The number of aromatic nitrogens is 2. The molecule has 58 heavy (non-hydrogen) atoms. The molecule has 6 aromatic rings. The van der Waals surface area contributed by atoms with Crippen molar-refractivity contribution in [3.63, 3.8) is 0 Å². The van der Waals surface area contributed by atoms with Gasteiger partial charge in [0, 0.05) is 36.7 Å². The number of rotatable bonds is 13. The van der Waals surface area contributed by atoms with Gasteiger partial charge < -0.3 is 29.0 Å². The van der Waals surface area contributed by atoms with E-state index in [-0.39, 0.29) is 40.4 Å². The molecule has 0 spiro atoms. The highest BCUT2D eigenvalue weighted by Crippen LogP contribution is 2.49. The number of aryl methyl sites for hydroxylation is 1. The number of methoxy groups -OCH3 is 3. The molecule has 0 radical (unpaired) electrons. The molecule has 13 heteroatoms. The third-order valence-corrected chi connectivity index (χ3v) is 9.75. The summed E-state index contributed by atoms with van der Waals surface area (Å²) in [6.07, 6.45) is 0. The summed E-state index contributed by atoms with van der Waals surface area (Å²) in [5, 5.41) is 3.10. The summed E-state index contributed by atoms with van der Waals surface area (Å²) in [6, 6.07) is 34.6. The van der Waals surface area contributed by atoms with Gasteiger partial charge in [-0.25, -0.2) is 4.79 Å². The Balaban J connectivity index is 0.000000419. The molecule has 0 saturated carbocycles. The van der Waals surface area contributed by atoms with Gasteiger partial charge in [-0.2, -0.15) is 14.5 Å². The van der Waals surface area contributed by atoms with Crippen molar-refractivity contribution in [1.29, 1.82) is 0 Å². The molecule has 1 N–H and O–H groups in total. The van der Waals surface area contributed by atoms with Crippen molar-refractivity contribution in [3.8, 4) is 40.5 Å². The van der Waals surface area contributed by atoms with Gasteiger partial charge in [0.1, 0.15) is 45.6 Å². The lowest BCUT2D eigenvalue weighted by Gasteiger charge is -2.35. The molecule has 300 valence electrons. The molecule has 6 rings (SSSR count). The summed E-state index contributed by atoms with van der Waals surface area (Å²) < 4.78 is 28.5. The van der Waals surface area contributed by atoms with E-state index >= 15 is 0 Å². The van der Waals surface area contributed by atoms with Crippen LogP contribution in [0.3, 0.4) is 0 Å². The molecule has 0 bridgehead atoms. The van der Waals surface area contributed by atoms with Crippen LogP contribution in [-0.2, 0) is 22.7 Å². The van der Waals surface area contributed by atoms with E-state index in [1.54, 1.807) is 69.9 Å². The molecular weight excluding hydrogens is 779 g/mol. The SMILES string of the molecule is COc1ccc(Oc2nc(Cl)ccc2[N+](Cc2ccccc2OC)(C(C)=O)c2ccc(Cl)nc2Oc2cccc(C)c2C)cc1.COc1ccccc1CNC(C)=O. The summed E-state index contributed by atoms with van der Waals surface area (Å²) >= 11 is 12.9. The first-order valence-corrected chi connectivity index (χ1v) is 18.9. The first-order chi connectivity index (χ1) is 27.9. The summed E-state index contributed by atoms with van der Waals surface area (Å²) in [6.45, 7) is 7.55. The number of benzene rings is 4. The number of nitrogens with one attached hydrogen (secondary N) is 1. The van der Waals surface area contributed by atoms with Crippen molar-refractivity contribution in [2.45, 2.75) is 40.8 Å². The molecule has 11 nitrogen and oxygen atoms in total. The van der Waals surface area contributed by atoms with Gasteiger partial charge in [0.05, 0.1) is 28.3 Å². The molecule has 0 aliphatic rings. The Morgan fingerprint density at radius 1 is 0.603 bits per heavy atom. The van der Waals surface area contributed by atoms with E-state index < -0.39 is 4.48 Å². The Bertz CT molecular complexity index is 2380. The fourth-order valence-electron chi connectivity index (χ4n) is 6.16. The highest BCUT2D eigenvalue weighted by atomic mass is 35.5. The normalized spacial score (nSPS) is 11.6. The third kappa shape index (κ3) is 10.2. The monoisotopic (exact) mass is 823 g/mol. The van der Waals surface area contributed by atoms with Crippen LogP contribution in [0.1, 0.15) is 36.1 Å². The number of quaternary nitrogens is 1. The van der Waals surface area contributed by atoms with Gasteiger partial charge in [0.15, 0.2) is 0 Å². The van der Waals surface area contributed by atoms with E-state index in [0.717, 1.165) is 28.0 Å². The van der Waals surface area contributed by atoms with Crippen molar-refractivity contribution in [2.24, 2.45) is 0 Å². The number of hydrogen-bond acceptors (Lipinski definition) is 9. The van der Waals surface area contributed by atoms with E-state index in [4.69, 9.17) is 46.9 Å². The second-order valence-electron chi connectivity index (χ2n) is 13.0. The number of carbonyl (C=O) groups excluding carboxylic acids is 2. The number of nitrogens with zero attached hydrogens (tertiary/aromatic N) is 3. The van der Waals surface area contributed by atoms with Gasteiger partial charge in [-0.15, -0.1) is 0 Å². The number of para-hydroxylation sites is 2. The highest BCUT2D eigenvalue weighted by Gasteiger charge is 2.46. The Morgan fingerprint density at radius 3 is 1.67 bits per heavy atom. The predicted octanol–water partition coefficient (Wildman–Crippen LogP) is 10.7. The van der Waals surface area contributed by atoms with Gasteiger partial charge in [-0.3, -0.25) is 4.79 Å². The van der Waals surface area contributed by atoms with Crippen molar-refractivity contribution in [2.75, 3.05) is 21.3 Å². The lowest BCUT2D eigenvalue weighted by molar-refractivity contribution is -0.126. The molecule has 0 saturated heterocycles. The van der Waals surface area contributed by atoms with Crippen LogP contribution in [0.5, 0.6) is 40.5 Å². The number of hydrogen-bond donors (Lipinski definition) is 1. The quantitative estimate of drug-likeness (QED) is 0.0897. The molecule has 1 unspecified atom stereocenters. The lowest BCUT2D eigenvalue weighted by atomic mass is 10.1. The molecule has 2 aromatic heterocycles. The Morgan fingerprint density at radius 2 is 1.12 bits per heavy atom. The Hall–Kier alpha value is -6.14. The second kappa shape index (κ2) is 19.8. The smallest absolute Gasteiger partial charge is 0.321 e. The molecule has 0 fully saturated rings. The van der Waals surface area contributed by atoms with Crippen molar-refractivity contribution in [3.05, 3.63) is 148 Å². The molecular formula is C45H45Cl2N4O7+. The van der Waals surface area contributed by atoms with E-state index in [0.29, 0.717) is 40.9 Å². The zero-order chi connectivity index (χ0) is 41.8. The number of ether oxygens (including phenoxy) is 5. The fourth-order valence-corrected chi connectivity index (χ4v) is 6.43. The Kier molecular flexibility index (Phi) is 14.7. The molecule has 0 aliphatic carbocycles. The molecule has 4 aromatic carbocycles. The van der Waals surface area contributed by atoms with E-state index in [9.17, 15) is 9.59 Å². The molecule has 2 heterocycles. The van der Waals surface area contributed by atoms with Crippen molar-refractivity contribution in [1.82, 2.24) is 19.8 Å². The standard InChI is InChI=1S/C35H32Cl2N3O5.C10H13NO2/c1-22-9-8-12-30(23(22)2)45-35-29(18-20-33(37)39-35)40(24(3)41,21-25-10-6-7-11-31(25)43-5)28-17-19-32(36)38-34(28)44-27-15-13-26(42-4)14-16-27;1-8(12)11-7-9-5-3-4-6-10(9)13-2/h6-20H,21H2,1-5H3;3-6H,7H2,1-2H3,(H,11,12)/q+1;. The zero-order valence-corrected chi connectivity index (χ0v) is 34.9. The van der Waals surface area contributed by atoms with Crippen LogP contribution in [0.2, 0.25) is 10.3 Å². The average Bonchev–Trinajstić information content (AvgIpc) is 3.22. The average molecular weight is 825 g/mol. The van der Waals surface area contributed by atoms with E-state index in [1.807, 2.05) is 80.6 Å². The number of carbonyl (C=O) groups is 2. The zero-order valence-electron chi connectivity index (χ0n) is 33.3. The molecule has 1 atom stereocenters. The van der Waals surface area contributed by atoms with Crippen LogP contribution in [-0.4, -0.2) is 43.1 Å². The van der Waals surface area contributed by atoms with Gasteiger partial charge in [0.2, 0.25) is 17.3 Å². The van der Waals surface area contributed by atoms with E-state index in [2.05, 4.69) is 15.3 Å². The van der Waals surface area contributed by atoms with Crippen LogP contribution < -0.4 is 33.5 Å². The molecule has 0 aliphatic heterocycles. The Labute approximate surface area is 348 Å². The topological polar surface area (TPSA) is 118 Å². The maximum atomic E-state index is 14.3. The minimum absolute atomic E-state index is 0.0362. The van der Waals surface area contributed by atoms with E-state index in [1.165, 1.54) is 13.8 Å². The third-order valence-electron chi connectivity index (χ3n) is 9.33. The van der Waals surface area contributed by atoms with Gasteiger partial charge >= 0.3 is 5.91 Å². The summed E-state index contributed by atoms with van der Waals surface area (Å²) in [4.78, 5) is 34.1. The van der Waals surface area contributed by atoms with Crippen LogP contribution in [0.25, 0.3) is 0 Å². The second-order valence-corrected chi connectivity index (χ2v) is 13.8. The fraction of sp³-hybridized carbons (Fsp3) is 0.200. The largest absolute Gasteiger partial charge is 0.497 e. The summed E-state index contributed by atoms with van der Waals surface area (Å²) in [5.41, 5.74) is 4.49. The minimum atomic E-state index is -0.458. The lowest BCUT2D eigenvalue weighted by Crippen LogP contribution is -2.48. The van der Waals surface area contributed by atoms with Crippen LogP contribution in [0.4, 0.5) is 11.4 Å². The van der Waals surface area contributed by atoms with Crippen LogP contribution in [0, 0.1) is 13.8 Å². The number of halogens is 2. The number of amides is 2. The van der Waals surface area contributed by atoms with Crippen LogP contribution >= 0.6 is 23.2 Å². The first kappa shape index (κ1) is 43.0. The van der Waals surface area contributed by atoms with Gasteiger partial charge in [-0.05, 0) is 85.6 Å². The maximum Gasteiger partial charge on any atom is 0.321 e. The minimum Gasteiger partial charge on any atom is -0.497 e. The van der Waals surface area contributed by atoms with Crippen molar-refractivity contribution < 1.29 is 33.3 Å². The number of pyridine rings is 2. The first-order valence-electron chi connectivity index (χ1n) is 18.2. The van der Waals surface area contributed by atoms with Crippen LogP contribution in [0.15, 0.2) is 115 Å². The van der Waals surface area contributed by atoms with Gasteiger partial charge in [0.25, 0.3) is 11.8 Å². The highest BCUT2D eigenvalue weighted by molar-refractivity contribution is 6.30. The molecule has 2 amide bonds.